The van der Waals surface area contributed by atoms with Gasteiger partial charge in [-0.2, -0.15) is 0 Å². The van der Waals surface area contributed by atoms with E-state index in [0.29, 0.717) is 19.5 Å². The number of nitrogens with zero attached hydrogens (tertiary/aromatic N) is 1. The molecule has 0 unspecified atom stereocenters. The number of carbonyl (C=O) groups is 3. The van der Waals surface area contributed by atoms with Crippen LogP contribution < -0.4 is 16.0 Å². The summed E-state index contributed by atoms with van der Waals surface area (Å²) in [5, 5.41) is 8.13. The van der Waals surface area contributed by atoms with Crippen LogP contribution in [0.4, 0.5) is 9.59 Å². The molecule has 5 amide bonds. The monoisotopic (exact) mass is 346 g/mol. The van der Waals surface area contributed by atoms with Crippen molar-refractivity contribution in [1.29, 1.82) is 0 Å². The lowest BCUT2D eigenvalue weighted by Crippen LogP contribution is -2.42. The summed E-state index contributed by atoms with van der Waals surface area (Å²) in [6.45, 7) is 6.87. The molecule has 0 bridgehead atoms. The smallest absolute Gasteiger partial charge is 0.324 e. The molecule has 0 spiro atoms. The molecular weight excluding hydrogens is 320 g/mol. The summed E-state index contributed by atoms with van der Waals surface area (Å²) in [5.41, 5.74) is 3.67. The largest absolute Gasteiger partial charge is 0.338 e. The van der Waals surface area contributed by atoms with Crippen molar-refractivity contribution in [2.75, 3.05) is 19.6 Å². The number of urea groups is 2. The van der Waals surface area contributed by atoms with Crippen LogP contribution >= 0.6 is 0 Å². The Kier molecular flexibility index (Phi) is 6.38. The summed E-state index contributed by atoms with van der Waals surface area (Å²) in [6.07, 6.45) is 1.29. The van der Waals surface area contributed by atoms with E-state index in [1.54, 1.807) is 0 Å². The van der Waals surface area contributed by atoms with Crippen LogP contribution in [0.5, 0.6) is 0 Å². The number of amides is 5. The molecule has 0 radical (unpaired) electrons. The van der Waals surface area contributed by atoms with Gasteiger partial charge in [-0.15, -0.1) is 0 Å². The van der Waals surface area contributed by atoms with Gasteiger partial charge in [0.15, 0.2) is 0 Å². The van der Waals surface area contributed by atoms with Gasteiger partial charge in [-0.3, -0.25) is 9.69 Å². The lowest BCUT2D eigenvalue weighted by atomic mass is 10.00. The first-order valence-corrected chi connectivity index (χ1v) is 8.55. The Labute approximate surface area is 148 Å². The summed E-state index contributed by atoms with van der Waals surface area (Å²) < 4.78 is 0. The molecule has 7 nitrogen and oxygen atoms in total. The molecule has 1 aliphatic heterocycles. The molecule has 25 heavy (non-hydrogen) atoms. The van der Waals surface area contributed by atoms with Crippen molar-refractivity contribution in [1.82, 2.24) is 20.9 Å². The fraction of sp³-hybridized carbons (Fsp3) is 0.500. The molecule has 2 rings (SSSR count). The topological polar surface area (TPSA) is 90.5 Å². The van der Waals surface area contributed by atoms with E-state index in [2.05, 4.69) is 48.0 Å². The van der Waals surface area contributed by atoms with E-state index in [4.69, 9.17) is 0 Å². The third-order valence-electron chi connectivity index (χ3n) is 4.18. The Balaban J connectivity index is 1.67. The highest BCUT2D eigenvalue weighted by molar-refractivity contribution is 6.01. The van der Waals surface area contributed by atoms with Gasteiger partial charge < -0.3 is 16.0 Å². The van der Waals surface area contributed by atoms with Crippen LogP contribution in [0.1, 0.15) is 30.0 Å². The predicted octanol–water partition coefficient (Wildman–Crippen LogP) is 1.48. The number of benzene rings is 1. The molecule has 0 aromatic heterocycles. The van der Waals surface area contributed by atoms with Crippen LogP contribution in [-0.2, 0) is 11.2 Å². The maximum Gasteiger partial charge on any atom is 0.324 e. The number of aryl methyl sites for hydroxylation is 2. The van der Waals surface area contributed by atoms with Gasteiger partial charge in [-0.25, -0.2) is 9.59 Å². The third kappa shape index (κ3) is 5.48. The minimum absolute atomic E-state index is 0.00680. The van der Waals surface area contributed by atoms with Crippen LogP contribution in [-0.4, -0.2) is 48.5 Å². The molecule has 1 aromatic carbocycles. The number of rotatable bonds is 7. The quantitative estimate of drug-likeness (QED) is 0.516. The second kappa shape index (κ2) is 8.50. The summed E-state index contributed by atoms with van der Waals surface area (Å²) in [6, 6.07) is 5.71. The Morgan fingerprint density at radius 2 is 2.08 bits per heavy atom. The zero-order chi connectivity index (χ0) is 18.4. The Bertz CT molecular complexity index is 644. The van der Waals surface area contributed by atoms with Gasteiger partial charge in [-0.05, 0) is 44.7 Å². The van der Waals surface area contributed by atoms with Crippen molar-refractivity contribution in [3.8, 4) is 0 Å². The zero-order valence-corrected chi connectivity index (χ0v) is 15.0. The van der Waals surface area contributed by atoms with Crippen LogP contribution in [0, 0.1) is 13.8 Å². The van der Waals surface area contributed by atoms with E-state index in [9.17, 15) is 14.4 Å². The van der Waals surface area contributed by atoms with Gasteiger partial charge in [0.2, 0.25) is 5.91 Å². The zero-order valence-electron chi connectivity index (χ0n) is 15.0. The third-order valence-corrected chi connectivity index (χ3v) is 4.18. The van der Waals surface area contributed by atoms with E-state index in [1.165, 1.54) is 21.6 Å². The molecule has 1 heterocycles. The van der Waals surface area contributed by atoms with Crippen molar-refractivity contribution in [2.24, 2.45) is 0 Å². The van der Waals surface area contributed by atoms with Crippen molar-refractivity contribution in [3.63, 3.8) is 0 Å². The molecule has 136 valence electrons. The number of hydrogen-bond acceptors (Lipinski definition) is 3. The Hall–Kier alpha value is -2.57. The number of imide groups is 1. The number of nitrogens with one attached hydrogen (secondary N) is 3. The minimum atomic E-state index is -0.364. The van der Waals surface area contributed by atoms with Gasteiger partial charge in [0, 0.05) is 19.1 Å². The van der Waals surface area contributed by atoms with E-state index < -0.39 is 0 Å². The average Bonchev–Trinajstić information content (AvgIpc) is 2.85. The molecule has 1 atom stereocenters. The molecule has 1 aliphatic rings. The van der Waals surface area contributed by atoms with Crippen LogP contribution in [0.15, 0.2) is 18.2 Å². The summed E-state index contributed by atoms with van der Waals surface area (Å²) >= 11 is 0. The summed E-state index contributed by atoms with van der Waals surface area (Å²) in [7, 11) is 0. The predicted molar refractivity (Wildman–Crippen MR) is 95.3 cm³/mol. The van der Waals surface area contributed by atoms with Crippen molar-refractivity contribution in [3.05, 3.63) is 34.9 Å². The van der Waals surface area contributed by atoms with Crippen LogP contribution in [0.25, 0.3) is 0 Å². The first-order chi connectivity index (χ1) is 11.9. The molecule has 0 aliphatic carbocycles. The van der Waals surface area contributed by atoms with E-state index in [0.717, 1.165) is 6.42 Å². The molecule has 1 aromatic rings. The minimum Gasteiger partial charge on any atom is -0.338 e. The lowest BCUT2D eigenvalue weighted by molar-refractivity contribution is -0.125. The van der Waals surface area contributed by atoms with Gasteiger partial charge in [0.25, 0.3) is 0 Å². The van der Waals surface area contributed by atoms with Gasteiger partial charge in [-0.1, -0.05) is 23.8 Å². The first-order valence-electron chi connectivity index (χ1n) is 8.55. The fourth-order valence-electron chi connectivity index (χ4n) is 2.85. The van der Waals surface area contributed by atoms with Crippen LogP contribution in [0.3, 0.4) is 0 Å². The highest BCUT2D eigenvalue weighted by atomic mass is 16.2. The second-order valence-corrected chi connectivity index (χ2v) is 6.49. The maximum absolute atomic E-state index is 11.9. The summed E-state index contributed by atoms with van der Waals surface area (Å²) in [4.78, 5) is 35.9. The molecule has 1 fully saturated rings. The Morgan fingerprint density at radius 1 is 1.32 bits per heavy atom. The number of carbonyl (C=O) groups excluding carboxylic acids is 3. The van der Waals surface area contributed by atoms with Gasteiger partial charge in [0.05, 0.1) is 6.54 Å². The van der Waals surface area contributed by atoms with E-state index in [-0.39, 0.29) is 30.6 Å². The molecule has 3 N–H and O–H groups in total. The second-order valence-electron chi connectivity index (χ2n) is 6.49. The average molecular weight is 346 g/mol. The van der Waals surface area contributed by atoms with Gasteiger partial charge >= 0.3 is 12.1 Å². The van der Waals surface area contributed by atoms with Gasteiger partial charge in [0.1, 0.15) is 0 Å². The standard InChI is InChI=1S/C18H26N4O3/c1-12-5-6-15(13(2)9-12)10-14(3)21-17(24)19-7-4-8-22-16(23)11-20-18(22)25/h5-6,9,14H,4,7-8,10-11H2,1-3H3,(H,20,25)(H2,19,21,24)/t14-/m1/s1. The SMILES string of the molecule is Cc1ccc(C[C@@H](C)NC(=O)NCCCN2C(=O)CNC2=O)c(C)c1. The van der Waals surface area contributed by atoms with Crippen molar-refractivity contribution in [2.45, 2.75) is 39.7 Å². The highest BCUT2D eigenvalue weighted by Crippen LogP contribution is 2.12. The van der Waals surface area contributed by atoms with E-state index >= 15 is 0 Å². The maximum atomic E-state index is 11.9. The normalized spacial score (nSPS) is 15.1. The first kappa shape index (κ1) is 18.8. The highest BCUT2D eigenvalue weighted by Gasteiger charge is 2.27. The lowest BCUT2D eigenvalue weighted by Gasteiger charge is -2.17. The van der Waals surface area contributed by atoms with Crippen molar-refractivity contribution >= 4 is 18.0 Å². The van der Waals surface area contributed by atoms with Crippen molar-refractivity contribution < 1.29 is 14.4 Å². The molecular formula is C18H26N4O3. The molecule has 0 saturated carbocycles. The Morgan fingerprint density at radius 3 is 2.72 bits per heavy atom. The number of hydrogen-bond donors (Lipinski definition) is 3. The molecule has 1 saturated heterocycles. The fourth-order valence-corrected chi connectivity index (χ4v) is 2.85. The summed E-state index contributed by atoms with van der Waals surface area (Å²) in [5.74, 6) is -0.225. The van der Waals surface area contributed by atoms with E-state index in [1.807, 2.05) is 6.92 Å². The molecule has 7 heteroatoms. The van der Waals surface area contributed by atoms with Crippen LogP contribution in [0.2, 0.25) is 0 Å².